The Bertz CT molecular complexity index is 724. The lowest BCUT2D eigenvalue weighted by molar-refractivity contribution is -0.384. The van der Waals surface area contributed by atoms with Gasteiger partial charge in [-0.1, -0.05) is 48.9 Å². The SMILES string of the molecule is O=C(Cc1ccc([N+](=O)[O-])cc1)N(Cc1ccccc1)CC1CCC1. The molecule has 1 fully saturated rings. The number of non-ortho nitro benzene ring substituents is 1. The van der Waals surface area contributed by atoms with Crippen molar-refractivity contribution < 1.29 is 9.72 Å². The Kier molecular flexibility index (Phi) is 5.43. The standard InChI is InChI=1S/C20H22N2O3/c23-20(13-16-9-11-19(12-10-16)22(24)25)21(15-18-7-4-8-18)14-17-5-2-1-3-6-17/h1-3,5-6,9-12,18H,4,7-8,13-15H2. The topological polar surface area (TPSA) is 63.4 Å². The predicted octanol–water partition coefficient (Wildman–Crippen LogP) is 3.97. The van der Waals surface area contributed by atoms with E-state index in [1.54, 1.807) is 12.1 Å². The number of benzene rings is 2. The Balaban J connectivity index is 1.68. The fraction of sp³-hybridized carbons (Fsp3) is 0.350. The van der Waals surface area contributed by atoms with Crippen LogP contribution in [0.25, 0.3) is 0 Å². The third-order valence-electron chi connectivity index (χ3n) is 4.77. The Morgan fingerprint density at radius 1 is 1.04 bits per heavy atom. The van der Waals surface area contributed by atoms with Crippen LogP contribution in [0.2, 0.25) is 0 Å². The molecule has 1 aliphatic carbocycles. The molecular weight excluding hydrogens is 316 g/mol. The summed E-state index contributed by atoms with van der Waals surface area (Å²) >= 11 is 0. The van der Waals surface area contributed by atoms with Gasteiger partial charge in [-0.3, -0.25) is 14.9 Å². The first-order chi connectivity index (χ1) is 12.1. The first-order valence-corrected chi connectivity index (χ1v) is 8.67. The van der Waals surface area contributed by atoms with Gasteiger partial charge in [0, 0.05) is 25.2 Å². The lowest BCUT2D eigenvalue weighted by atomic mass is 9.85. The molecule has 2 aromatic carbocycles. The maximum absolute atomic E-state index is 12.8. The van der Waals surface area contributed by atoms with Crippen LogP contribution in [0, 0.1) is 16.0 Å². The molecule has 0 heterocycles. The largest absolute Gasteiger partial charge is 0.338 e. The number of nitro benzene ring substituents is 1. The van der Waals surface area contributed by atoms with E-state index in [9.17, 15) is 14.9 Å². The molecule has 1 aliphatic rings. The van der Waals surface area contributed by atoms with Crippen LogP contribution in [0.4, 0.5) is 5.69 Å². The van der Waals surface area contributed by atoms with Crippen LogP contribution in [-0.2, 0) is 17.8 Å². The highest BCUT2D eigenvalue weighted by molar-refractivity contribution is 5.79. The number of carbonyl (C=O) groups excluding carboxylic acids is 1. The zero-order valence-corrected chi connectivity index (χ0v) is 14.1. The van der Waals surface area contributed by atoms with E-state index >= 15 is 0 Å². The highest BCUT2D eigenvalue weighted by Gasteiger charge is 2.24. The minimum atomic E-state index is -0.427. The van der Waals surface area contributed by atoms with Crippen molar-refractivity contribution in [2.75, 3.05) is 6.54 Å². The van der Waals surface area contributed by atoms with Crippen LogP contribution in [0.15, 0.2) is 54.6 Å². The quantitative estimate of drug-likeness (QED) is 0.567. The van der Waals surface area contributed by atoms with E-state index in [-0.39, 0.29) is 18.0 Å². The molecule has 5 nitrogen and oxygen atoms in total. The van der Waals surface area contributed by atoms with Crippen molar-refractivity contribution in [2.45, 2.75) is 32.2 Å². The number of rotatable bonds is 7. The maximum atomic E-state index is 12.8. The van der Waals surface area contributed by atoms with E-state index in [1.165, 1.54) is 31.4 Å². The smallest absolute Gasteiger partial charge is 0.269 e. The molecule has 1 amide bonds. The average Bonchev–Trinajstić information content (AvgIpc) is 2.58. The molecule has 1 saturated carbocycles. The highest BCUT2D eigenvalue weighted by Crippen LogP contribution is 2.28. The van der Waals surface area contributed by atoms with Gasteiger partial charge in [0.1, 0.15) is 0 Å². The second-order valence-corrected chi connectivity index (χ2v) is 6.66. The van der Waals surface area contributed by atoms with Gasteiger partial charge in [0.15, 0.2) is 0 Å². The zero-order chi connectivity index (χ0) is 17.6. The molecule has 0 aromatic heterocycles. The van der Waals surface area contributed by atoms with E-state index in [0.29, 0.717) is 12.5 Å². The van der Waals surface area contributed by atoms with Gasteiger partial charge in [-0.25, -0.2) is 0 Å². The molecule has 130 valence electrons. The number of nitro groups is 1. The van der Waals surface area contributed by atoms with E-state index in [1.807, 2.05) is 35.2 Å². The third-order valence-corrected chi connectivity index (χ3v) is 4.77. The second kappa shape index (κ2) is 7.92. The van der Waals surface area contributed by atoms with Crippen molar-refractivity contribution in [3.63, 3.8) is 0 Å². The first kappa shape index (κ1) is 17.1. The number of hydrogen-bond donors (Lipinski definition) is 0. The number of amides is 1. The van der Waals surface area contributed by atoms with Crippen molar-refractivity contribution in [3.8, 4) is 0 Å². The van der Waals surface area contributed by atoms with E-state index < -0.39 is 4.92 Å². The molecule has 2 aromatic rings. The lowest BCUT2D eigenvalue weighted by Crippen LogP contribution is -2.37. The Labute approximate surface area is 147 Å². The molecule has 0 radical (unpaired) electrons. The summed E-state index contributed by atoms with van der Waals surface area (Å²) in [6.45, 7) is 1.41. The Hall–Kier alpha value is -2.69. The molecule has 0 saturated heterocycles. The van der Waals surface area contributed by atoms with Crippen molar-refractivity contribution in [3.05, 3.63) is 75.8 Å². The molecule has 25 heavy (non-hydrogen) atoms. The summed E-state index contributed by atoms with van der Waals surface area (Å²) in [5.74, 6) is 0.675. The summed E-state index contributed by atoms with van der Waals surface area (Å²) < 4.78 is 0. The summed E-state index contributed by atoms with van der Waals surface area (Å²) in [7, 11) is 0. The van der Waals surface area contributed by atoms with Crippen LogP contribution in [-0.4, -0.2) is 22.3 Å². The second-order valence-electron chi connectivity index (χ2n) is 6.66. The van der Waals surface area contributed by atoms with E-state index in [2.05, 4.69) is 0 Å². The number of hydrogen-bond acceptors (Lipinski definition) is 3. The van der Waals surface area contributed by atoms with Gasteiger partial charge in [0.2, 0.25) is 5.91 Å². The van der Waals surface area contributed by atoms with Gasteiger partial charge in [-0.15, -0.1) is 0 Å². The highest BCUT2D eigenvalue weighted by atomic mass is 16.6. The van der Waals surface area contributed by atoms with Crippen molar-refractivity contribution in [1.82, 2.24) is 4.90 Å². The Morgan fingerprint density at radius 3 is 2.28 bits per heavy atom. The Morgan fingerprint density at radius 2 is 1.72 bits per heavy atom. The first-order valence-electron chi connectivity index (χ1n) is 8.67. The van der Waals surface area contributed by atoms with E-state index in [0.717, 1.165) is 17.7 Å². The normalized spacial score (nSPS) is 13.9. The zero-order valence-electron chi connectivity index (χ0n) is 14.1. The van der Waals surface area contributed by atoms with Gasteiger partial charge < -0.3 is 4.90 Å². The molecule has 5 heteroatoms. The summed E-state index contributed by atoms with van der Waals surface area (Å²) in [6.07, 6.45) is 3.91. The van der Waals surface area contributed by atoms with Gasteiger partial charge in [0.05, 0.1) is 11.3 Å². The summed E-state index contributed by atoms with van der Waals surface area (Å²) in [6, 6.07) is 16.2. The lowest BCUT2D eigenvalue weighted by Gasteiger charge is -2.32. The van der Waals surface area contributed by atoms with Crippen molar-refractivity contribution >= 4 is 11.6 Å². The molecule has 0 unspecified atom stereocenters. The van der Waals surface area contributed by atoms with Gasteiger partial charge in [0.25, 0.3) is 5.69 Å². The average molecular weight is 338 g/mol. The minimum absolute atomic E-state index is 0.0480. The van der Waals surface area contributed by atoms with Crippen molar-refractivity contribution in [2.24, 2.45) is 5.92 Å². The predicted molar refractivity (Wildman–Crippen MR) is 96.0 cm³/mol. The summed E-state index contributed by atoms with van der Waals surface area (Å²) in [5, 5.41) is 10.7. The fourth-order valence-corrected chi connectivity index (χ4v) is 3.07. The number of carbonyl (C=O) groups is 1. The van der Waals surface area contributed by atoms with Gasteiger partial charge in [-0.05, 0) is 29.9 Å². The summed E-state index contributed by atoms with van der Waals surface area (Å²) in [5.41, 5.74) is 1.98. The van der Waals surface area contributed by atoms with Crippen molar-refractivity contribution in [1.29, 1.82) is 0 Å². The van der Waals surface area contributed by atoms with Crippen LogP contribution in [0.5, 0.6) is 0 Å². The number of nitrogens with zero attached hydrogens (tertiary/aromatic N) is 2. The molecular formula is C20H22N2O3. The van der Waals surface area contributed by atoms with Crippen LogP contribution in [0.3, 0.4) is 0 Å². The molecule has 0 bridgehead atoms. The molecule has 0 N–H and O–H groups in total. The van der Waals surface area contributed by atoms with E-state index in [4.69, 9.17) is 0 Å². The van der Waals surface area contributed by atoms with Crippen LogP contribution >= 0.6 is 0 Å². The fourth-order valence-electron chi connectivity index (χ4n) is 3.07. The van der Waals surface area contributed by atoms with Gasteiger partial charge >= 0.3 is 0 Å². The summed E-state index contributed by atoms with van der Waals surface area (Å²) in [4.78, 5) is 25.0. The molecule has 0 spiro atoms. The monoisotopic (exact) mass is 338 g/mol. The van der Waals surface area contributed by atoms with Crippen LogP contribution < -0.4 is 0 Å². The van der Waals surface area contributed by atoms with Crippen LogP contribution in [0.1, 0.15) is 30.4 Å². The molecule has 0 aliphatic heterocycles. The molecule has 0 atom stereocenters. The molecule has 3 rings (SSSR count). The third kappa shape index (κ3) is 4.66. The minimum Gasteiger partial charge on any atom is -0.338 e. The van der Waals surface area contributed by atoms with Gasteiger partial charge in [-0.2, -0.15) is 0 Å². The maximum Gasteiger partial charge on any atom is 0.269 e.